The standard InChI is InChI=1S/C27H30FNO3/c1-5-31-25-13-26-23(24(16-32-26)20-6-8-21(28)9-7-20)12-22(25)19(4)11-27(30)29-14-17(2)10-18(3)15-29/h6-9,11-13,16-18H,5,10,14-15H2,1-4H3/b19-11+. The molecule has 0 aliphatic carbocycles. The van der Waals surface area contributed by atoms with Gasteiger partial charge in [-0.15, -0.1) is 0 Å². The summed E-state index contributed by atoms with van der Waals surface area (Å²) in [5.41, 5.74) is 4.14. The number of allylic oxidation sites excluding steroid dienone is 1. The molecule has 2 unspecified atom stereocenters. The van der Waals surface area contributed by atoms with Crippen molar-refractivity contribution in [1.29, 1.82) is 0 Å². The van der Waals surface area contributed by atoms with Crippen LogP contribution in [0, 0.1) is 17.7 Å². The molecule has 4 rings (SSSR count). The molecule has 2 heterocycles. The molecule has 1 saturated heterocycles. The average Bonchev–Trinajstić information content (AvgIpc) is 3.16. The molecule has 4 nitrogen and oxygen atoms in total. The summed E-state index contributed by atoms with van der Waals surface area (Å²) in [5, 5.41) is 0.899. The van der Waals surface area contributed by atoms with E-state index in [1.54, 1.807) is 24.5 Å². The third-order valence-corrected chi connectivity index (χ3v) is 6.08. The van der Waals surface area contributed by atoms with Crippen LogP contribution in [0.1, 0.15) is 39.7 Å². The third-order valence-electron chi connectivity index (χ3n) is 6.08. The predicted molar refractivity (Wildman–Crippen MR) is 126 cm³/mol. The van der Waals surface area contributed by atoms with Crippen LogP contribution in [0.3, 0.4) is 0 Å². The van der Waals surface area contributed by atoms with Crippen LogP contribution in [0.15, 0.2) is 53.2 Å². The first-order valence-electron chi connectivity index (χ1n) is 11.3. The van der Waals surface area contributed by atoms with Gasteiger partial charge in [0, 0.05) is 41.7 Å². The maximum Gasteiger partial charge on any atom is 0.246 e. The van der Waals surface area contributed by atoms with Crippen LogP contribution in [0.2, 0.25) is 0 Å². The molecule has 0 spiro atoms. The molecule has 1 aliphatic rings. The highest BCUT2D eigenvalue weighted by Crippen LogP contribution is 2.37. The van der Waals surface area contributed by atoms with E-state index >= 15 is 0 Å². The van der Waals surface area contributed by atoms with Gasteiger partial charge in [0.15, 0.2) is 0 Å². The number of ether oxygens (including phenoxy) is 1. The minimum atomic E-state index is -0.278. The van der Waals surface area contributed by atoms with E-state index in [4.69, 9.17) is 9.15 Å². The SMILES string of the molecule is CCOc1cc2occ(-c3ccc(F)cc3)c2cc1/C(C)=C/C(=O)N1CC(C)CC(C)C1. The lowest BCUT2D eigenvalue weighted by Crippen LogP contribution is -2.41. The largest absolute Gasteiger partial charge is 0.493 e. The zero-order valence-electron chi connectivity index (χ0n) is 19.2. The highest BCUT2D eigenvalue weighted by Gasteiger charge is 2.25. The van der Waals surface area contributed by atoms with E-state index in [9.17, 15) is 9.18 Å². The minimum Gasteiger partial charge on any atom is -0.493 e. The molecule has 32 heavy (non-hydrogen) atoms. The number of amides is 1. The van der Waals surface area contributed by atoms with Gasteiger partial charge in [-0.1, -0.05) is 26.0 Å². The number of nitrogens with zero attached hydrogens (tertiary/aromatic N) is 1. The highest BCUT2D eigenvalue weighted by molar-refractivity contribution is 6.00. The molecule has 0 radical (unpaired) electrons. The molecule has 3 aromatic rings. The van der Waals surface area contributed by atoms with Gasteiger partial charge in [0.25, 0.3) is 0 Å². The van der Waals surface area contributed by atoms with E-state index in [0.717, 1.165) is 47.2 Å². The van der Waals surface area contributed by atoms with Crippen LogP contribution < -0.4 is 4.74 Å². The third kappa shape index (κ3) is 4.57. The molecule has 1 fully saturated rings. The van der Waals surface area contributed by atoms with Crippen molar-refractivity contribution in [2.45, 2.75) is 34.1 Å². The highest BCUT2D eigenvalue weighted by atomic mass is 19.1. The lowest BCUT2D eigenvalue weighted by atomic mass is 9.91. The lowest BCUT2D eigenvalue weighted by molar-refractivity contribution is -0.128. The van der Waals surface area contributed by atoms with Gasteiger partial charge >= 0.3 is 0 Å². The molecular weight excluding hydrogens is 405 g/mol. The summed E-state index contributed by atoms with van der Waals surface area (Å²) in [7, 11) is 0. The Balaban J connectivity index is 1.73. The zero-order valence-corrected chi connectivity index (χ0v) is 19.2. The summed E-state index contributed by atoms with van der Waals surface area (Å²) in [5.74, 6) is 1.46. The number of hydrogen-bond donors (Lipinski definition) is 0. The fourth-order valence-corrected chi connectivity index (χ4v) is 4.69. The summed E-state index contributed by atoms with van der Waals surface area (Å²) in [6.07, 6.45) is 4.55. The van der Waals surface area contributed by atoms with Crippen molar-refractivity contribution >= 4 is 22.4 Å². The number of furan rings is 1. The van der Waals surface area contributed by atoms with Gasteiger partial charge in [0.2, 0.25) is 5.91 Å². The second-order valence-corrected chi connectivity index (χ2v) is 8.95. The van der Waals surface area contributed by atoms with E-state index in [-0.39, 0.29) is 11.7 Å². The molecule has 0 N–H and O–H groups in total. The van der Waals surface area contributed by atoms with Gasteiger partial charge in [-0.3, -0.25) is 4.79 Å². The lowest BCUT2D eigenvalue weighted by Gasteiger charge is -2.34. The second kappa shape index (κ2) is 9.19. The van der Waals surface area contributed by atoms with E-state index < -0.39 is 0 Å². The normalized spacial score (nSPS) is 19.4. The van der Waals surface area contributed by atoms with Crippen molar-refractivity contribution in [2.75, 3.05) is 19.7 Å². The smallest absolute Gasteiger partial charge is 0.246 e. The first-order chi connectivity index (χ1) is 15.4. The van der Waals surface area contributed by atoms with Crippen molar-refractivity contribution < 1.29 is 18.3 Å². The van der Waals surface area contributed by atoms with Crippen LogP contribution in [0.25, 0.3) is 27.7 Å². The van der Waals surface area contributed by atoms with Gasteiger partial charge in [-0.05, 0) is 61.4 Å². The zero-order chi connectivity index (χ0) is 22.8. The number of likely N-dealkylation sites (tertiary alicyclic amines) is 1. The summed E-state index contributed by atoms with van der Waals surface area (Å²) in [4.78, 5) is 15.0. The van der Waals surface area contributed by atoms with Crippen LogP contribution in [-0.4, -0.2) is 30.5 Å². The molecule has 0 bridgehead atoms. The molecule has 1 aliphatic heterocycles. The summed E-state index contributed by atoms with van der Waals surface area (Å²) in [6.45, 7) is 10.4. The Bertz CT molecular complexity index is 1140. The van der Waals surface area contributed by atoms with E-state index in [2.05, 4.69) is 13.8 Å². The Morgan fingerprint density at radius 3 is 2.53 bits per heavy atom. The summed E-state index contributed by atoms with van der Waals surface area (Å²) in [6, 6.07) is 10.2. The first-order valence-corrected chi connectivity index (χ1v) is 11.3. The quantitative estimate of drug-likeness (QED) is 0.427. The van der Waals surface area contributed by atoms with Crippen LogP contribution in [0.5, 0.6) is 5.75 Å². The van der Waals surface area contributed by atoms with Gasteiger partial charge < -0.3 is 14.1 Å². The molecular formula is C27H30FNO3. The van der Waals surface area contributed by atoms with E-state index in [1.165, 1.54) is 12.1 Å². The number of benzene rings is 2. The number of halogens is 1. The fourth-order valence-electron chi connectivity index (χ4n) is 4.69. The van der Waals surface area contributed by atoms with Gasteiger partial charge in [0.1, 0.15) is 17.1 Å². The fraction of sp³-hybridized carbons (Fsp3) is 0.370. The minimum absolute atomic E-state index is 0.0365. The summed E-state index contributed by atoms with van der Waals surface area (Å²) >= 11 is 0. The molecule has 2 atom stereocenters. The number of carbonyl (C=O) groups excluding carboxylic acids is 1. The van der Waals surface area contributed by atoms with Gasteiger partial charge in [-0.25, -0.2) is 4.39 Å². The van der Waals surface area contributed by atoms with Crippen molar-refractivity contribution in [1.82, 2.24) is 4.90 Å². The second-order valence-electron chi connectivity index (χ2n) is 8.95. The molecule has 0 saturated carbocycles. The molecule has 1 aromatic heterocycles. The number of fused-ring (bicyclic) bond motifs is 1. The Kier molecular flexibility index (Phi) is 6.35. The molecule has 168 valence electrons. The number of hydrogen-bond acceptors (Lipinski definition) is 3. The van der Waals surface area contributed by atoms with Crippen molar-refractivity contribution in [2.24, 2.45) is 11.8 Å². The number of rotatable bonds is 5. The van der Waals surface area contributed by atoms with Crippen molar-refractivity contribution in [3.05, 3.63) is 60.1 Å². The topological polar surface area (TPSA) is 42.7 Å². The Morgan fingerprint density at radius 1 is 1.19 bits per heavy atom. The first kappa shape index (κ1) is 22.1. The maximum atomic E-state index is 13.4. The summed E-state index contributed by atoms with van der Waals surface area (Å²) < 4.78 is 25.1. The van der Waals surface area contributed by atoms with Crippen LogP contribution in [0.4, 0.5) is 4.39 Å². The van der Waals surface area contributed by atoms with E-state index in [0.29, 0.717) is 29.8 Å². The van der Waals surface area contributed by atoms with Gasteiger partial charge in [0.05, 0.1) is 12.9 Å². The monoisotopic (exact) mass is 435 g/mol. The number of carbonyl (C=O) groups is 1. The maximum absolute atomic E-state index is 13.4. The van der Waals surface area contributed by atoms with Crippen LogP contribution in [-0.2, 0) is 4.79 Å². The Labute approximate surface area is 188 Å². The Morgan fingerprint density at radius 2 is 1.88 bits per heavy atom. The van der Waals surface area contributed by atoms with Gasteiger partial charge in [-0.2, -0.15) is 0 Å². The van der Waals surface area contributed by atoms with Crippen molar-refractivity contribution in [3.63, 3.8) is 0 Å². The molecule has 2 aromatic carbocycles. The average molecular weight is 436 g/mol. The Hall–Kier alpha value is -3.08. The van der Waals surface area contributed by atoms with Crippen LogP contribution >= 0.6 is 0 Å². The molecule has 5 heteroatoms. The predicted octanol–water partition coefficient (Wildman–Crippen LogP) is 6.55. The van der Waals surface area contributed by atoms with Crippen molar-refractivity contribution in [3.8, 4) is 16.9 Å². The molecule has 1 amide bonds. The van der Waals surface area contributed by atoms with E-state index in [1.807, 2.05) is 30.9 Å². The number of piperidine rings is 1.